The summed E-state index contributed by atoms with van der Waals surface area (Å²) in [6.45, 7) is 12.4. The molecule has 0 saturated carbocycles. The predicted molar refractivity (Wildman–Crippen MR) is 119 cm³/mol. The molecular weight excluding hydrogens is 404 g/mol. The fourth-order valence-electron chi connectivity index (χ4n) is 2.57. The zero-order valence-corrected chi connectivity index (χ0v) is 19.2. The molecule has 9 nitrogen and oxygen atoms in total. The third-order valence-corrected chi connectivity index (χ3v) is 4.92. The van der Waals surface area contributed by atoms with Crippen molar-refractivity contribution in [1.29, 1.82) is 0 Å². The van der Waals surface area contributed by atoms with Gasteiger partial charge in [0.2, 0.25) is 0 Å². The SMILES string of the molecule is C=C(/C=C(\C)Sc1nc2c(N)ncnc2n1CCCN(C)C(=O)OC(C)(C)C)OC. The molecule has 30 heavy (non-hydrogen) atoms. The lowest BCUT2D eigenvalue weighted by Crippen LogP contribution is -2.35. The Hall–Kier alpha value is -2.75. The Morgan fingerprint density at radius 1 is 1.40 bits per heavy atom. The van der Waals surface area contributed by atoms with Gasteiger partial charge in [-0.25, -0.2) is 19.7 Å². The normalized spacial score (nSPS) is 12.1. The topological polar surface area (TPSA) is 108 Å². The molecule has 2 aromatic heterocycles. The maximum absolute atomic E-state index is 12.2. The summed E-state index contributed by atoms with van der Waals surface area (Å²) < 4.78 is 12.5. The van der Waals surface area contributed by atoms with Crippen LogP contribution in [0.5, 0.6) is 0 Å². The van der Waals surface area contributed by atoms with E-state index in [2.05, 4.69) is 21.5 Å². The number of ether oxygens (including phenoxy) is 2. The summed E-state index contributed by atoms with van der Waals surface area (Å²) in [5.41, 5.74) is 6.68. The summed E-state index contributed by atoms with van der Waals surface area (Å²) in [4.78, 5) is 27.7. The van der Waals surface area contributed by atoms with Gasteiger partial charge in [0.25, 0.3) is 0 Å². The highest BCUT2D eigenvalue weighted by atomic mass is 32.2. The Morgan fingerprint density at radius 2 is 2.10 bits per heavy atom. The summed E-state index contributed by atoms with van der Waals surface area (Å²) >= 11 is 1.46. The Morgan fingerprint density at radius 3 is 2.73 bits per heavy atom. The smallest absolute Gasteiger partial charge is 0.410 e. The van der Waals surface area contributed by atoms with E-state index in [1.54, 1.807) is 19.1 Å². The van der Waals surface area contributed by atoms with E-state index in [0.717, 1.165) is 10.1 Å². The van der Waals surface area contributed by atoms with Crippen molar-refractivity contribution >= 4 is 34.8 Å². The van der Waals surface area contributed by atoms with E-state index in [1.165, 1.54) is 18.1 Å². The number of rotatable bonds is 8. The third-order valence-electron chi connectivity index (χ3n) is 3.98. The molecule has 0 radical (unpaired) electrons. The minimum Gasteiger partial charge on any atom is -0.497 e. The number of hydrogen-bond donors (Lipinski definition) is 1. The van der Waals surface area contributed by atoms with E-state index >= 15 is 0 Å². The first-order valence-corrected chi connectivity index (χ1v) is 10.3. The molecule has 2 rings (SSSR count). The monoisotopic (exact) mass is 434 g/mol. The van der Waals surface area contributed by atoms with Crippen molar-refractivity contribution in [1.82, 2.24) is 24.4 Å². The van der Waals surface area contributed by atoms with Gasteiger partial charge in [0.05, 0.1) is 7.11 Å². The molecule has 0 bridgehead atoms. The van der Waals surface area contributed by atoms with E-state index in [1.807, 2.05) is 38.3 Å². The number of nitrogens with two attached hydrogens (primary N) is 1. The second-order valence-electron chi connectivity index (χ2n) is 7.76. The van der Waals surface area contributed by atoms with Gasteiger partial charge in [0, 0.05) is 20.1 Å². The molecule has 0 unspecified atom stereocenters. The van der Waals surface area contributed by atoms with Crippen molar-refractivity contribution in [2.75, 3.05) is 26.4 Å². The lowest BCUT2D eigenvalue weighted by atomic mass is 10.2. The van der Waals surface area contributed by atoms with E-state index in [-0.39, 0.29) is 6.09 Å². The standard InChI is InChI=1S/C20H30N6O3S/c1-13(28-7)11-14(2)30-18-24-15-16(21)22-12-23-17(15)26(18)10-8-9-25(6)19(27)29-20(3,4)5/h11-12H,1,8-10H2,2-7H3,(H2,21,22,23)/b14-11+. The Balaban J connectivity index is 2.18. The van der Waals surface area contributed by atoms with Crippen molar-refractivity contribution in [3.05, 3.63) is 29.6 Å². The number of anilines is 1. The van der Waals surface area contributed by atoms with Gasteiger partial charge in [0.1, 0.15) is 17.7 Å². The molecule has 2 heterocycles. The van der Waals surface area contributed by atoms with Gasteiger partial charge >= 0.3 is 6.09 Å². The van der Waals surface area contributed by atoms with Crippen molar-refractivity contribution in [3.63, 3.8) is 0 Å². The van der Waals surface area contributed by atoms with Crippen LogP contribution >= 0.6 is 11.8 Å². The molecule has 0 fully saturated rings. The molecule has 1 amide bonds. The quantitative estimate of drug-likeness (QED) is 0.379. The van der Waals surface area contributed by atoms with Gasteiger partial charge in [-0.3, -0.25) is 0 Å². The number of aryl methyl sites for hydroxylation is 1. The highest BCUT2D eigenvalue weighted by Gasteiger charge is 2.20. The molecule has 0 aliphatic heterocycles. The number of fused-ring (bicyclic) bond motifs is 1. The van der Waals surface area contributed by atoms with E-state index in [0.29, 0.717) is 42.3 Å². The van der Waals surface area contributed by atoms with Crippen LogP contribution in [0.4, 0.5) is 10.6 Å². The van der Waals surface area contributed by atoms with Crippen LogP contribution in [0.3, 0.4) is 0 Å². The number of carbonyl (C=O) groups excluding carboxylic acids is 1. The molecule has 164 valence electrons. The van der Waals surface area contributed by atoms with Crippen molar-refractivity contribution in [2.45, 2.75) is 51.4 Å². The summed E-state index contributed by atoms with van der Waals surface area (Å²) in [6.07, 6.45) is 3.59. The largest absolute Gasteiger partial charge is 0.497 e. The van der Waals surface area contributed by atoms with Gasteiger partial charge in [-0.2, -0.15) is 0 Å². The van der Waals surface area contributed by atoms with Gasteiger partial charge in [-0.1, -0.05) is 18.3 Å². The van der Waals surface area contributed by atoms with Crippen LogP contribution in [0.2, 0.25) is 0 Å². The highest BCUT2D eigenvalue weighted by Crippen LogP contribution is 2.30. The second kappa shape index (κ2) is 9.84. The fourth-order valence-corrected chi connectivity index (χ4v) is 3.47. The second-order valence-corrected chi connectivity index (χ2v) is 8.97. The molecule has 0 saturated heterocycles. The number of aromatic nitrogens is 4. The molecule has 0 spiro atoms. The number of allylic oxidation sites excluding steroid dienone is 2. The zero-order chi connectivity index (χ0) is 22.5. The van der Waals surface area contributed by atoms with Crippen molar-refractivity contribution in [2.24, 2.45) is 0 Å². The number of imidazole rings is 1. The maximum Gasteiger partial charge on any atom is 0.410 e. The first-order valence-electron chi connectivity index (χ1n) is 9.51. The number of carbonyl (C=O) groups is 1. The van der Waals surface area contributed by atoms with Crippen LogP contribution in [0, 0.1) is 0 Å². The summed E-state index contributed by atoms with van der Waals surface area (Å²) in [5, 5.41) is 0.731. The van der Waals surface area contributed by atoms with E-state index in [9.17, 15) is 4.79 Å². The van der Waals surface area contributed by atoms with Gasteiger partial charge in [-0.15, -0.1) is 0 Å². The van der Waals surface area contributed by atoms with Crippen LogP contribution in [0.15, 0.2) is 34.8 Å². The highest BCUT2D eigenvalue weighted by molar-refractivity contribution is 8.02. The van der Waals surface area contributed by atoms with Crippen LogP contribution in [-0.2, 0) is 16.0 Å². The fraction of sp³-hybridized carbons (Fsp3) is 0.500. The van der Waals surface area contributed by atoms with Crippen LogP contribution in [0.1, 0.15) is 34.1 Å². The number of nitrogens with zero attached hydrogens (tertiary/aromatic N) is 5. The lowest BCUT2D eigenvalue weighted by molar-refractivity contribution is 0.0295. The first kappa shape index (κ1) is 23.5. The van der Waals surface area contributed by atoms with Gasteiger partial charge in [-0.05, 0) is 45.1 Å². The molecule has 2 aromatic rings. The maximum atomic E-state index is 12.2. The minimum absolute atomic E-state index is 0.328. The predicted octanol–water partition coefficient (Wildman–Crippen LogP) is 3.82. The van der Waals surface area contributed by atoms with Crippen molar-refractivity contribution in [3.8, 4) is 0 Å². The Labute approximate surface area is 181 Å². The van der Waals surface area contributed by atoms with Gasteiger partial charge in [0.15, 0.2) is 22.1 Å². The van der Waals surface area contributed by atoms with E-state index in [4.69, 9.17) is 15.2 Å². The number of nitrogen functional groups attached to an aromatic ring is 1. The number of amides is 1. The summed E-state index contributed by atoms with van der Waals surface area (Å²) in [7, 11) is 3.29. The molecule has 0 aromatic carbocycles. The molecule has 0 aliphatic rings. The molecular formula is C20H30N6O3S. The van der Waals surface area contributed by atoms with E-state index < -0.39 is 5.60 Å². The number of hydrogen-bond acceptors (Lipinski definition) is 8. The molecule has 0 aliphatic carbocycles. The third kappa shape index (κ3) is 6.38. The van der Waals surface area contributed by atoms with Crippen molar-refractivity contribution < 1.29 is 14.3 Å². The number of thioether (sulfide) groups is 1. The summed E-state index contributed by atoms with van der Waals surface area (Å²) in [5.74, 6) is 0.885. The Bertz CT molecular complexity index is 948. The van der Waals surface area contributed by atoms with Crippen LogP contribution in [0.25, 0.3) is 11.2 Å². The number of methoxy groups -OCH3 is 1. The zero-order valence-electron chi connectivity index (χ0n) is 18.4. The average molecular weight is 435 g/mol. The average Bonchev–Trinajstić information content (AvgIpc) is 2.98. The molecule has 0 atom stereocenters. The lowest BCUT2D eigenvalue weighted by Gasteiger charge is -2.24. The van der Waals surface area contributed by atoms with Gasteiger partial charge < -0.3 is 24.7 Å². The Kier molecular flexibility index (Phi) is 7.71. The summed E-state index contributed by atoms with van der Waals surface area (Å²) in [6, 6.07) is 0. The van der Waals surface area contributed by atoms with Crippen LogP contribution in [-0.4, -0.2) is 56.8 Å². The van der Waals surface area contributed by atoms with Crippen LogP contribution < -0.4 is 5.73 Å². The molecule has 10 heteroatoms. The molecule has 2 N–H and O–H groups in total. The minimum atomic E-state index is -0.528. The first-order chi connectivity index (χ1) is 14.0.